The van der Waals surface area contributed by atoms with Crippen molar-refractivity contribution in [2.24, 2.45) is 0 Å². The first-order valence-electron chi connectivity index (χ1n) is 7.18. The number of halogens is 1. The van der Waals surface area contributed by atoms with E-state index in [9.17, 15) is 4.79 Å². The summed E-state index contributed by atoms with van der Waals surface area (Å²) in [5, 5.41) is 3.44. The minimum absolute atomic E-state index is 0.208. The Morgan fingerprint density at radius 3 is 2.45 bits per heavy atom. The molecule has 1 amide bonds. The van der Waals surface area contributed by atoms with Gasteiger partial charge >= 0.3 is 0 Å². The van der Waals surface area contributed by atoms with E-state index in [1.165, 1.54) is 0 Å². The van der Waals surface area contributed by atoms with Crippen LogP contribution in [0.2, 0.25) is 5.02 Å². The van der Waals surface area contributed by atoms with Gasteiger partial charge in [0, 0.05) is 10.7 Å². The van der Waals surface area contributed by atoms with Crippen LogP contribution in [-0.4, -0.2) is 12.0 Å². The van der Waals surface area contributed by atoms with Gasteiger partial charge in [-0.2, -0.15) is 0 Å². The topological polar surface area (TPSA) is 38.3 Å². The molecule has 0 fully saturated rings. The van der Waals surface area contributed by atoms with Crippen molar-refractivity contribution in [1.82, 2.24) is 0 Å². The van der Waals surface area contributed by atoms with Crippen molar-refractivity contribution in [3.63, 3.8) is 0 Å². The predicted octanol–water partition coefficient (Wildman–Crippen LogP) is 4.67. The van der Waals surface area contributed by atoms with E-state index in [1.54, 1.807) is 13.0 Å². The second kappa shape index (κ2) is 6.84. The zero-order valence-electron chi connectivity index (χ0n) is 13.2. The number of nitrogens with one attached hydrogen (secondary N) is 1. The average Bonchev–Trinajstić information content (AvgIpc) is 2.46. The number of aryl methyl sites for hydroxylation is 3. The first-order valence-corrected chi connectivity index (χ1v) is 7.55. The average molecular weight is 318 g/mol. The molecule has 2 rings (SSSR count). The van der Waals surface area contributed by atoms with Crippen molar-refractivity contribution in [2.75, 3.05) is 5.32 Å². The van der Waals surface area contributed by atoms with Crippen LogP contribution in [0.25, 0.3) is 0 Å². The molecule has 1 atom stereocenters. The molecular weight excluding hydrogens is 298 g/mol. The van der Waals surface area contributed by atoms with Crippen LogP contribution in [-0.2, 0) is 4.79 Å². The van der Waals surface area contributed by atoms with Crippen molar-refractivity contribution in [2.45, 2.75) is 33.8 Å². The number of anilines is 1. The van der Waals surface area contributed by atoms with Crippen LogP contribution < -0.4 is 10.1 Å². The normalized spacial score (nSPS) is 11.9. The number of hydrogen-bond acceptors (Lipinski definition) is 2. The summed E-state index contributed by atoms with van der Waals surface area (Å²) in [6.07, 6.45) is -0.597. The molecule has 0 aliphatic rings. The molecule has 116 valence electrons. The molecule has 1 N–H and O–H groups in total. The van der Waals surface area contributed by atoms with E-state index in [0.29, 0.717) is 10.7 Å². The summed E-state index contributed by atoms with van der Waals surface area (Å²) in [5.41, 5.74) is 3.73. The van der Waals surface area contributed by atoms with Gasteiger partial charge in [0.25, 0.3) is 5.91 Å². The zero-order valence-corrected chi connectivity index (χ0v) is 14.0. The molecule has 22 heavy (non-hydrogen) atoms. The standard InChI is InChI=1S/C18H20ClNO2/c1-11-5-6-13(3)17(9-11)22-14(4)18(21)20-15-8-7-12(2)16(19)10-15/h5-10,14H,1-4H3,(H,20,21)/t14-/m1/s1. The first-order chi connectivity index (χ1) is 10.4. The first kappa shape index (κ1) is 16.4. The molecule has 2 aromatic rings. The lowest BCUT2D eigenvalue weighted by atomic mass is 10.1. The third-order valence-corrected chi connectivity index (χ3v) is 3.86. The number of rotatable bonds is 4. The maximum Gasteiger partial charge on any atom is 0.265 e. The fourth-order valence-corrected chi connectivity index (χ4v) is 2.17. The molecule has 0 bridgehead atoms. The molecule has 0 aliphatic carbocycles. The van der Waals surface area contributed by atoms with Gasteiger partial charge in [0.1, 0.15) is 5.75 Å². The van der Waals surface area contributed by atoms with Gasteiger partial charge in [-0.3, -0.25) is 4.79 Å². The number of benzene rings is 2. The minimum atomic E-state index is -0.597. The lowest BCUT2D eigenvalue weighted by molar-refractivity contribution is -0.122. The van der Waals surface area contributed by atoms with Crippen LogP contribution in [0.1, 0.15) is 23.6 Å². The summed E-state index contributed by atoms with van der Waals surface area (Å²) in [5.74, 6) is 0.519. The van der Waals surface area contributed by atoms with E-state index in [2.05, 4.69) is 5.32 Å². The molecule has 0 radical (unpaired) electrons. The lowest BCUT2D eigenvalue weighted by Crippen LogP contribution is -2.30. The minimum Gasteiger partial charge on any atom is -0.481 e. The van der Waals surface area contributed by atoms with Gasteiger partial charge in [-0.25, -0.2) is 0 Å². The highest BCUT2D eigenvalue weighted by atomic mass is 35.5. The molecule has 0 heterocycles. The summed E-state index contributed by atoms with van der Waals surface area (Å²) in [6, 6.07) is 11.4. The van der Waals surface area contributed by atoms with Gasteiger partial charge < -0.3 is 10.1 Å². The molecule has 0 aliphatic heterocycles. The zero-order chi connectivity index (χ0) is 16.3. The second-order valence-corrected chi connectivity index (χ2v) is 5.89. The van der Waals surface area contributed by atoms with E-state index >= 15 is 0 Å². The van der Waals surface area contributed by atoms with Gasteiger partial charge in [-0.1, -0.05) is 29.8 Å². The predicted molar refractivity (Wildman–Crippen MR) is 90.8 cm³/mol. The largest absolute Gasteiger partial charge is 0.481 e. The smallest absolute Gasteiger partial charge is 0.265 e. The van der Waals surface area contributed by atoms with Crippen LogP contribution >= 0.6 is 11.6 Å². The van der Waals surface area contributed by atoms with Crippen molar-refractivity contribution in [1.29, 1.82) is 0 Å². The number of amides is 1. The quantitative estimate of drug-likeness (QED) is 0.889. The van der Waals surface area contributed by atoms with E-state index in [4.69, 9.17) is 16.3 Å². The number of carbonyl (C=O) groups is 1. The maximum absolute atomic E-state index is 12.2. The Kier molecular flexibility index (Phi) is 5.09. The van der Waals surface area contributed by atoms with E-state index in [0.717, 1.165) is 22.4 Å². The Bertz CT molecular complexity index is 697. The van der Waals surface area contributed by atoms with E-state index < -0.39 is 6.10 Å². The van der Waals surface area contributed by atoms with E-state index in [-0.39, 0.29) is 5.91 Å². The van der Waals surface area contributed by atoms with Gasteiger partial charge in [0.15, 0.2) is 6.10 Å². The number of carbonyl (C=O) groups excluding carboxylic acids is 1. The van der Waals surface area contributed by atoms with Crippen molar-refractivity contribution >= 4 is 23.2 Å². The fourth-order valence-electron chi connectivity index (χ4n) is 1.99. The second-order valence-electron chi connectivity index (χ2n) is 5.48. The number of hydrogen-bond donors (Lipinski definition) is 1. The van der Waals surface area contributed by atoms with E-state index in [1.807, 2.05) is 51.1 Å². The fraction of sp³-hybridized carbons (Fsp3) is 0.278. The molecule has 0 spiro atoms. The highest BCUT2D eigenvalue weighted by Crippen LogP contribution is 2.22. The Labute approximate surface area is 136 Å². The summed E-state index contributed by atoms with van der Waals surface area (Å²) < 4.78 is 5.77. The van der Waals surface area contributed by atoms with Crippen LogP contribution in [0.15, 0.2) is 36.4 Å². The van der Waals surface area contributed by atoms with Crippen molar-refractivity contribution in [3.05, 3.63) is 58.1 Å². The molecule has 3 nitrogen and oxygen atoms in total. The maximum atomic E-state index is 12.2. The molecule has 2 aromatic carbocycles. The third-order valence-electron chi connectivity index (χ3n) is 3.46. The highest BCUT2D eigenvalue weighted by Gasteiger charge is 2.16. The Hall–Kier alpha value is -2.00. The molecule has 4 heteroatoms. The van der Waals surface area contributed by atoms with Crippen LogP contribution in [0, 0.1) is 20.8 Å². The molecule has 0 saturated carbocycles. The van der Waals surface area contributed by atoms with Crippen molar-refractivity contribution in [3.8, 4) is 5.75 Å². The molecule has 0 saturated heterocycles. The molecular formula is C18H20ClNO2. The summed E-state index contributed by atoms with van der Waals surface area (Å²) in [7, 11) is 0. The summed E-state index contributed by atoms with van der Waals surface area (Å²) in [4.78, 5) is 12.2. The molecule has 0 aromatic heterocycles. The van der Waals surface area contributed by atoms with Gasteiger partial charge in [0.2, 0.25) is 0 Å². The summed E-state index contributed by atoms with van der Waals surface area (Å²) in [6.45, 7) is 7.59. The third kappa shape index (κ3) is 4.01. The molecule has 0 unspecified atom stereocenters. The Morgan fingerprint density at radius 1 is 1.09 bits per heavy atom. The Balaban J connectivity index is 2.05. The van der Waals surface area contributed by atoms with Gasteiger partial charge in [-0.05, 0) is 62.6 Å². The lowest BCUT2D eigenvalue weighted by Gasteiger charge is -2.17. The van der Waals surface area contributed by atoms with Crippen molar-refractivity contribution < 1.29 is 9.53 Å². The highest BCUT2D eigenvalue weighted by molar-refractivity contribution is 6.31. The summed E-state index contributed by atoms with van der Waals surface area (Å²) >= 11 is 6.06. The van der Waals surface area contributed by atoms with Gasteiger partial charge in [0.05, 0.1) is 0 Å². The SMILES string of the molecule is Cc1ccc(C)c(O[C@H](C)C(=O)Nc2ccc(C)c(Cl)c2)c1. The number of ether oxygens (including phenoxy) is 1. The monoisotopic (exact) mass is 317 g/mol. The van der Waals surface area contributed by atoms with Crippen LogP contribution in [0.4, 0.5) is 5.69 Å². The Morgan fingerprint density at radius 2 is 1.77 bits per heavy atom. The van der Waals surface area contributed by atoms with Gasteiger partial charge in [-0.15, -0.1) is 0 Å². The van der Waals surface area contributed by atoms with Crippen LogP contribution in [0.3, 0.4) is 0 Å². The van der Waals surface area contributed by atoms with Crippen LogP contribution in [0.5, 0.6) is 5.75 Å².